The monoisotopic (exact) mass is 317 g/mol. The minimum Gasteiger partial charge on any atom is -0.497 e. The molecule has 0 spiro atoms. The van der Waals surface area contributed by atoms with Crippen molar-refractivity contribution in [3.63, 3.8) is 0 Å². The molecule has 3 rings (SSSR count). The zero-order chi connectivity index (χ0) is 16.2. The number of nitrogens with zero attached hydrogens (tertiary/aromatic N) is 1. The second kappa shape index (κ2) is 7.15. The number of ether oxygens (including phenoxy) is 3. The molecule has 2 atom stereocenters. The van der Waals surface area contributed by atoms with Crippen LogP contribution in [-0.2, 0) is 14.3 Å². The third-order valence-electron chi connectivity index (χ3n) is 4.54. The van der Waals surface area contributed by atoms with E-state index in [0.717, 1.165) is 11.4 Å². The van der Waals surface area contributed by atoms with Crippen molar-refractivity contribution < 1.29 is 19.0 Å². The van der Waals surface area contributed by atoms with Crippen LogP contribution in [0.5, 0.6) is 5.75 Å². The highest BCUT2D eigenvalue weighted by atomic mass is 16.7. The van der Waals surface area contributed by atoms with Gasteiger partial charge < -0.3 is 19.1 Å². The minimum absolute atomic E-state index is 0.0320. The average molecular weight is 317 g/mol. The lowest BCUT2D eigenvalue weighted by Gasteiger charge is -2.45. The summed E-state index contributed by atoms with van der Waals surface area (Å²) in [5.74, 6) is 1.39. The second-order valence-electron chi connectivity index (χ2n) is 5.97. The van der Waals surface area contributed by atoms with E-state index < -0.39 is 6.10 Å². The Kier molecular flexibility index (Phi) is 4.98. The van der Waals surface area contributed by atoms with Crippen LogP contribution in [0.2, 0.25) is 0 Å². The van der Waals surface area contributed by atoms with Crippen LogP contribution in [-0.4, -0.2) is 39.1 Å². The van der Waals surface area contributed by atoms with Crippen LogP contribution in [0.3, 0.4) is 0 Å². The Morgan fingerprint density at radius 3 is 2.48 bits per heavy atom. The van der Waals surface area contributed by atoms with E-state index in [1.807, 2.05) is 24.3 Å². The second-order valence-corrected chi connectivity index (χ2v) is 5.97. The standard InChI is InChI=1S/C18H23NO4/c1-21-12-23-17-16(11-6-13-4-3-5-13)19(18(17)20)14-7-9-15(22-2)10-8-14/h6-11,13,16-17H,3-5,12H2,1-2H3/b11-6+. The molecule has 23 heavy (non-hydrogen) atoms. The van der Waals surface area contributed by atoms with Crippen LogP contribution in [0.4, 0.5) is 5.69 Å². The molecule has 0 bridgehead atoms. The molecular weight excluding hydrogens is 294 g/mol. The number of hydrogen-bond donors (Lipinski definition) is 0. The van der Waals surface area contributed by atoms with Crippen LogP contribution in [0.15, 0.2) is 36.4 Å². The molecule has 0 N–H and O–H groups in total. The Balaban J connectivity index is 1.75. The molecule has 1 saturated heterocycles. The van der Waals surface area contributed by atoms with Crippen LogP contribution in [0.25, 0.3) is 0 Å². The van der Waals surface area contributed by atoms with Crippen LogP contribution in [0.1, 0.15) is 19.3 Å². The zero-order valence-corrected chi connectivity index (χ0v) is 13.6. The maximum absolute atomic E-state index is 12.4. The predicted octanol–water partition coefficient (Wildman–Crippen LogP) is 2.76. The van der Waals surface area contributed by atoms with Gasteiger partial charge in [-0.3, -0.25) is 4.79 Å². The summed E-state index contributed by atoms with van der Waals surface area (Å²) in [6.45, 7) is 0.126. The normalized spacial score (nSPS) is 24.6. The SMILES string of the molecule is COCOC1C(=O)N(c2ccc(OC)cc2)C1/C=C/C1CCC1. The number of carbonyl (C=O) groups excluding carboxylic acids is 1. The number of carbonyl (C=O) groups is 1. The molecule has 2 unspecified atom stereocenters. The Morgan fingerprint density at radius 1 is 1.17 bits per heavy atom. The van der Waals surface area contributed by atoms with E-state index >= 15 is 0 Å². The van der Waals surface area contributed by atoms with Gasteiger partial charge in [0, 0.05) is 12.8 Å². The molecule has 1 aliphatic heterocycles. The fourth-order valence-corrected chi connectivity index (χ4v) is 2.93. The summed E-state index contributed by atoms with van der Waals surface area (Å²) in [7, 11) is 3.19. The number of amides is 1. The van der Waals surface area contributed by atoms with Gasteiger partial charge in [0.1, 0.15) is 12.5 Å². The maximum Gasteiger partial charge on any atom is 0.259 e. The van der Waals surface area contributed by atoms with Crippen molar-refractivity contribution in [2.45, 2.75) is 31.4 Å². The summed E-state index contributed by atoms with van der Waals surface area (Å²) >= 11 is 0. The van der Waals surface area contributed by atoms with E-state index in [2.05, 4.69) is 12.2 Å². The maximum atomic E-state index is 12.4. The Bertz CT molecular complexity index is 565. The molecule has 0 radical (unpaired) electrons. The third-order valence-corrected chi connectivity index (χ3v) is 4.54. The summed E-state index contributed by atoms with van der Waals surface area (Å²) < 4.78 is 15.7. The van der Waals surface area contributed by atoms with Crippen LogP contribution < -0.4 is 9.64 Å². The van der Waals surface area contributed by atoms with Crippen molar-refractivity contribution >= 4 is 11.6 Å². The fraction of sp³-hybridized carbons (Fsp3) is 0.500. The summed E-state index contributed by atoms with van der Waals surface area (Å²) in [5.41, 5.74) is 0.858. The first-order valence-electron chi connectivity index (χ1n) is 8.00. The fourth-order valence-electron chi connectivity index (χ4n) is 2.93. The van der Waals surface area contributed by atoms with E-state index in [-0.39, 0.29) is 18.7 Å². The van der Waals surface area contributed by atoms with Gasteiger partial charge in [-0.05, 0) is 43.0 Å². The van der Waals surface area contributed by atoms with Crippen molar-refractivity contribution in [3.05, 3.63) is 36.4 Å². The molecule has 1 saturated carbocycles. The molecule has 2 fully saturated rings. The molecule has 124 valence electrons. The number of benzene rings is 1. The van der Waals surface area contributed by atoms with Crippen molar-refractivity contribution in [2.24, 2.45) is 5.92 Å². The molecule has 5 heteroatoms. The molecule has 2 aliphatic rings. The predicted molar refractivity (Wildman–Crippen MR) is 87.5 cm³/mol. The van der Waals surface area contributed by atoms with Gasteiger partial charge in [-0.25, -0.2) is 0 Å². The largest absolute Gasteiger partial charge is 0.497 e. The lowest BCUT2D eigenvalue weighted by molar-refractivity contribution is -0.151. The molecule has 0 aromatic heterocycles. The lowest BCUT2D eigenvalue weighted by Crippen LogP contribution is -2.65. The smallest absolute Gasteiger partial charge is 0.259 e. The Morgan fingerprint density at radius 2 is 1.91 bits per heavy atom. The number of anilines is 1. The molecule has 1 aromatic rings. The van der Waals surface area contributed by atoms with Crippen LogP contribution >= 0.6 is 0 Å². The highest BCUT2D eigenvalue weighted by Crippen LogP contribution is 2.34. The Hall–Kier alpha value is -1.85. The highest BCUT2D eigenvalue weighted by molar-refractivity contribution is 6.05. The summed E-state index contributed by atoms with van der Waals surface area (Å²) in [5, 5.41) is 0. The highest BCUT2D eigenvalue weighted by Gasteiger charge is 2.47. The first-order chi connectivity index (χ1) is 11.2. The first kappa shape index (κ1) is 16.0. The average Bonchev–Trinajstić information content (AvgIpc) is 2.53. The van der Waals surface area contributed by atoms with Gasteiger partial charge in [0.05, 0.1) is 13.2 Å². The molecule has 1 amide bonds. The zero-order valence-electron chi connectivity index (χ0n) is 13.6. The lowest BCUT2D eigenvalue weighted by atomic mass is 9.84. The van der Waals surface area contributed by atoms with Gasteiger partial charge in [-0.15, -0.1) is 0 Å². The molecule has 5 nitrogen and oxygen atoms in total. The molecule has 1 aromatic carbocycles. The molecule has 1 heterocycles. The van der Waals surface area contributed by atoms with Gasteiger partial charge in [-0.1, -0.05) is 18.6 Å². The Labute approximate surface area is 136 Å². The van der Waals surface area contributed by atoms with E-state index in [4.69, 9.17) is 14.2 Å². The van der Waals surface area contributed by atoms with Gasteiger partial charge in [0.2, 0.25) is 0 Å². The number of methoxy groups -OCH3 is 2. The van der Waals surface area contributed by atoms with Gasteiger partial charge in [0.15, 0.2) is 6.10 Å². The van der Waals surface area contributed by atoms with Gasteiger partial charge >= 0.3 is 0 Å². The number of allylic oxidation sites excluding steroid dienone is 1. The first-order valence-corrected chi connectivity index (χ1v) is 8.00. The molecular formula is C18H23NO4. The quantitative estimate of drug-likeness (QED) is 0.441. The van der Waals surface area contributed by atoms with Gasteiger partial charge in [0.25, 0.3) is 5.91 Å². The van der Waals surface area contributed by atoms with Crippen LogP contribution in [0, 0.1) is 5.92 Å². The van der Waals surface area contributed by atoms with Crippen molar-refractivity contribution in [2.75, 3.05) is 25.9 Å². The van der Waals surface area contributed by atoms with E-state index in [0.29, 0.717) is 5.92 Å². The van der Waals surface area contributed by atoms with E-state index in [1.54, 1.807) is 19.1 Å². The summed E-state index contributed by atoms with van der Waals surface area (Å²) in [4.78, 5) is 14.2. The van der Waals surface area contributed by atoms with E-state index in [9.17, 15) is 4.79 Å². The van der Waals surface area contributed by atoms with Gasteiger partial charge in [-0.2, -0.15) is 0 Å². The molecule has 1 aliphatic carbocycles. The third kappa shape index (κ3) is 3.26. The number of hydrogen-bond acceptors (Lipinski definition) is 4. The number of β-lactam (4-membered cyclic amide) rings is 1. The van der Waals surface area contributed by atoms with Crippen molar-refractivity contribution in [1.29, 1.82) is 0 Å². The minimum atomic E-state index is -0.464. The van der Waals surface area contributed by atoms with E-state index in [1.165, 1.54) is 19.3 Å². The summed E-state index contributed by atoms with van der Waals surface area (Å²) in [6.07, 6.45) is 7.64. The van der Waals surface area contributed by atoms with Crippen molar-refractivity contribution in [1.82, 2.24) is 0 Å². The topological polar surface area (TPSA) is 48.0 Å². The number of rotatable bonds is 7. The van der Waals surface area contributed by atoms with Crippen molar-refractivity contribution in [3.8, 4) is 5.75 Å². The summed E-state index contributed by atoms with van der Waals surface area (Å²) in [6, 6.07) is 7.43.